The quantitative estimate of drug-likeness (QED) is 0.911. The Kier molecular flexibility index (Phi) is 4.06. The van der Waals surface area contributed by atoms with Crippen LogP contribution in [0.25, 0.3) is 0 Å². The van der Waals surface area contributed by atoms with E-state index in [1.165, 1.54) is 37.8 Å². The molecule has 1 aromatic heterocycles. The molecule has 0 atom stereocenters. The van der Waals surface area contributed by atoms with Crippen molar-refractivity contribution >= 4 is 0 Å². The highest BCUT2D eigenvalue weighted by Gasteiger charge is 2.15. The lowest BCUT2D eigenvalue weighted by Gasteiger charge is -2.08. The molecule has 1 N–H and O–H groups in total. The van der Waals surface area contributed by atoms with Crippen LogP contribution in [-0.2, 0) is 13.0 Å². The van der Waals surface area contributed by atoms with E-state index in [1.807, 2.05) is 6.07 Å². The Labute approximate surface area is 117 Å². The number of nitrogens with one attached hydrogen (secondary N) is 1. The molecule has 1 aliphatic carbocycles. The van der Waals surface area contributed by atoms with Crippen molar-refractivity contribution in [2.75, 3.05) is 0 Å². The van der Waals surface area contributed by atoms with Gasteiger partial charge in [-0.1, -0.05) is 30.1 Å². The Balaban J connectivity index is 1.56. The van der Waals surface area contributed by atoms with Gasteiger partial charge in [0.05, 0.1) is 6.54 Å². The summed E-state index contributed by atoms with van der Waals surface area (Å²) in [6.45, 7) is 0.612. The average Bonchev–Trinajstić information content (AvgIpc) is 3.07. The number of halogens is 1. The molecule has 1 heterocycles. The van der Waals surface area contributed by atoms with Crippen molar-refractivity contribution in [3.8, 4) is 0 Å². The maximum Gasteiger partial charge on any atom is 0.240 e. The summed E-state index contributed by atoms with van der Waals surface area (Å²) in [5, 5.41) is 7.37. The first-order chi connectivity index (χ1) is 9.79. The van der Waals surface area contributed by atoms with Gasteiger partial charge in [-0.05, 0) is 30.5 Å². The Morgan fingerprint density at radius 2 is 2.15 bits per heavy atom. The number of nitrogens with zero attached hydrogens (tertiary/aromatic N) is 2. The fraction of sp³-hybridized carbons (Fsp3) is 0.467. The van der Waals surface area contributed by atoms with Gasteiger partial charge in [0.2, 0.25) is 5.89 Å². The molecule has 4 nitrogen and oxygen atoms in total. The summed E-state index contributed by atoms with van der Waals surface area (Å²) in [6, 6.07) is 7.04. The number of benzene rings is 1. The highest BCUT2D eigenvalue weighted by atomic mass is 19.1. The maximum absolute atomic E-state index is 13.1. The third kappa shape index (κ3) is 3.42. The predicted octanol–water partition coefficient (Wildman–Crippen LogP) is 2.83. The molecule has 5 heteroatoms. The lowest BCUT2D eigenvalue weighted by molar-refractivity contribution is 0.353. The molecule has 0 spiro atoms. The zero-order valence-electron chi connectivity index (χ0n) is 11.3. The molecule has 0 bridgehead atoms. The van der Waals surface area contributed by atoms with Crippen LogP contribution in [0.15, 0.2) is 28.8 Å². The van der Waals surface area contributed by atoms with Crippen LogP contribution in [0, 0.1) is 5.82 Å². The molecule has 2 aromatic rings. The topological polar surface area (TPSA) is 51.0 Å². The minimum absolute atomic E-state index is 0.242. The van der Waals surface area contributed by atoms with Crippen LogP contribution in [-0.4, -0.2) is 16.2 Å². The second kappa shape index (κ2) is 6.13. The Hall–Kier alpha value is -1.75. The van der Waals surface area contributed by atoms with Crippen molar-refractivity contribution in [3.05, 3.63) is 47.4 Å². The first kappa shape index (κ1) is 13.2. The minimum atomic E-state index is -0.242. The molecule has 1 aromatic carbocycles. The van der Waals surface area contributed by atoms with E-state index >= 15 is 0 Å². The third-order valence-corrected chi connectivity index (χ3v) is 3.66. The highest BCUT2D eigenvalue weighted by Crippen LogP contribution is 2.18. The summed E-state index contributed by atoms with van der Waals surface area (Å²) in [7, 11) is 0. The molecule has 1 saturated carbocycles. The Bertz CT molecular complexity index is 564. The summed E-state index contributed by atoms with van der Waals surface area (Å²) in [5.41, 5.74) is 0.848. The van der Waals surface area contributed by atoms with E-state index in [2.05, 4.69) is 15.5 Å². The van der Waals surface area contributed by atoms with Crippen LogP contribution >= 0.6 is 0 Å². The normalized spacial score (nSPS) is 15.8. The van der Waals surface area contributed by atoms with Gasteiger partial charge in [-0.3, -0.25) is 0 Å². The predicted molar refractivity (Wildman–Crippen MR) is 72.6 cm³/mol. The van der Waals surface area contributed by atoms with Gasteiger partial charge in [0.15, 0.2) is 5.82 Å². The molecule has 106 valence electrons. The SMILES string of the molecule is Fc1cccc(Cc2noc(CNC3CCCC3)n2)c1. The first-order valence-corrected chi connectivity index (χ1v) is 7.09. The van der Waals surface area contributed by atoms with Crippen molar-refractivity contribution in [2.24, 2.45) is 0 Å². The molecule has 20 heavy (non-hydrogen) atoms. The fourth-order valence-corrected chi connectivity index (χ4v) is 2.62. The summed E-state index contributed by atoms with van der Waals surface area (Å²) >= 11 is 0. The van der Waals surface area contributed by atoms with Gasteiger partial charge in [-0.2, -0.15) is 4.98 Å². The van der Waals surface area contributed by atoms with Crippen LogP contribution in [0.2, 0.25) is 0 Å². The molecule has 0 saturated heterocycles. The molecule has 0 amide bonds. The van der Waals surface area contributed by atoms with Crippen LogP contribution < -0.4 is 5.32 Å². The van der Waals surface area contributed by atoms with Crippen LogP contribution in [0.3, 0.4) is 0 Å². The van der Waals surface area contributed by atoms with Crippen molar-refractivity contribution in [2.45, 2.75) is 44.7 Å². The lowest BCUT2D eigenvalue weighted by Crippen LogP contribution is -2.25. The van der Waals surface area contributed by atoms with E-state index < -0.39 is 0 Å². The largest absolute Gasteiger partial charge is 0.338 e. The van der Waals surface area contributed by atoms with Gasteiger partial charge < -0.3 is 9.84 Å². The van der Waals surface area contributed by atoms with Gasteiger partial charge in [0.1, 0.15) is 5.82 Å². The number of hydrogen-bond donors (Lipinski definition) is 1. The zero-order chi connectivity index (χ0) is 13.8. The van der Waals surface area contributed by atoms with Crippen molar-refractivity contribution in [1.29, 1.82) is 0 Å². The van der Waals surface area contributed by atoms with E-state index in [4.69, 9.17) is 4.52 Å². The average molecular weight is 275 g/mol. The smallest absolute Gasteiger partial charge is 0.240 e. The summed E-state index contributed by atoms with van der Waals surface area (Å²) < 4.78 is 18.3. The van der Waals surface area contributed by atoms with Gasteiger partial charge in [0.25, 0.3) is 0 Å². The lowest BCUT2D eigenvalue weighted by atomic mass is 10.1. The molecule has 0 aliphatic heterocycles. The van der Waals surface area contributed by atoms with E-state index in [-0.39, 0.29) is 5.82 Å². The molecular weight excluding hydrogens is 257 g/mol. The van der Waals surface area contributed by atoms with Gasteiger partial charge in [0, 0.05) is 12.5 Å². The number of rotatable bonds is 5. The number of hydrogen-bond acceptors (Lipinski definition) is 4. The van der Waals surface area contributed by atoms with Crippen LogP contribution in [0.1, 0.15) is 43.0 Å². The van der Waals surface area contributed by atoms with E-state index in [9.17, 15) is 4.39 Å². The molecule has 1 fully saturated rings. The van der Waals surface area contributed by atoms with Crippen LogP contribution in [0.4, 0.5) is 4.39 Å². The fourth-order valence-electron chi connectivity index (χ4n) is 2.62. The second-order valence-corrected chi connectivity index (χ2v) is 5.27. The maximum atomic E-state index is 13.1. The Morgan fingerprint density at radius 3 is 2.95 bits per heavy atom. The summed E-state index contributed by atoms with van der Waals surface area (Å²) in [5.74, 6) is 0.955. The highest BCUT2D eigenvalue weighted by molar-refractivity contribution is 5.19. The van der Waals surface area contributed by atoms with E-state index in [0.717, 1.165) is 5.56 Å². The molecule has 0 radical (unpaired) electrons. The van der Waals surface area contributed by atoms with E-state index in [1.54, 1.807) is 6.07 Å². The van der Waals surface area contributed by atoms with Crippen molar-refractivity contribution in [3.63, 3.8) is 0 Å². The van der Waals surface area contributed by atoms with Gasteiger partial charge in [-0.25, -0.2) is 4.39 Å². The molecule has 0 unspecified atom stereocenters. The summed E-state index contributed by atoms with van der Waals surface area (Å²) in [6.07, 6.45) is 5.54. The molecular formula is C15H18FN3O. The minimum Gasteiger partial charge on any atom is -0.338 e. The van der Waals surface area contributed by atoms with Crippen LogP contribution in [0.5, 0.6) is 0 Å². The molecule has 3 rings (SSSR count). The van der Waals surface area contributed by atoms with Crippen molar-refractivity contribution in [1.82, 2.24) is 15.5 Å². The van der Waals surface area contributed by atoms with E-state index in [0.29, 0.717) is 30.7 Å². The first-order valence-electron chi connectivity index (χ1n) is 7.09. The summed E-state index contributed by atoms with van der Waals surface area (Å²) in [4.78, 5) is 4.33. The monoisotopic (exact) mass is 275 g/mol. The standard InChI is InChI=1S/C15H18FN3O/c16-12-5-3-4-11(8-12)9-14-18-15(20-19-14)10-17-13-6-1-2-7-13/h3-5,8,13,17H,1-2,6-7,9-10H2. The third-order valence-electron chi connectivity index (χ3n) is 3.66. The van der Waals surface area contributed by atoms with Gasteiger partial charge in [-0.15, -0.1) is 0 Å². The van der Waals surface area contributed by atoms with Crippen molar-refractivity contribution < 1.29 is 8.91 Å². The van der Waals surface area contributed by atoms with Gasteiger partial charge >= 0.3 is 0 Å². The Morgan fingerprint density at radius 1 is 1.30 bits per heavy atom. The number of aromatic nitrogens is 2. The zero-order valence-corrected chi connectivity index (χ0v) is 11.3. The second-order valence-electron chi connectivity index (χ2n) is 5.27. The molecule has 1 aliphatic rings.